The van der Waals surface area contributed by atoms with Crippen molar-refractivity contribution in [2.45, 2.75) is 234 Å². The highest BCUT2D eigenvalue weighted by atomic mass is 16.8. The fraction of sp³-hybridized carbons (Fsp3) is 0.836. The van der Waals surface area contributed by atoms with Crippen molar-refractivity contribution >= 4 is 5.97 Å². The summed E-state index contributed by atoms with van der Waals surface area (Å²) in [4.78, 5) is 13.8. The topological polar surface area (TPSA) is 290 Å². The van der Waals surface area contributed by atoms with Gasteiger partial charge in [0.15, 0.2) is 25.2 Å². The lowest BCUT2D eigenvalue weighted by molar-refractivity contribution is -0.373. The third-order valence-corrected chi connectivity index (χ3v) is 19.3. The molecular weight excluding hydrogens is 997 g/mol. The van der Waals surface area contributed by atoms with Gasteiger partial charge in [-0.05, 0) is 108 Å². The number of phenolic OH excluding ortho intramolecular Hbond substituents is 1. The standard InChI is InChI=1S/C55H84O21/c1-25(57)32-17-19-55(64)33-15-14-29-20-30(16-18-53(29,5)34(33)21-39(54(32,55)6)73-50(63)31-12-10-11-13-35(31)58)71-40-22-36(65-7)46(26(2)68-40)74-41-23-37(66-8)47(27(3)69-41)75-52-45(62)49(67-9)48(28(4)70-52)76-51-44(61)43(60)42(59)38(24-56)72-51/h10-14,25-28,30,32-34,36-49,51-52,56-62,64H,15-24H2,1-9H3/t25-,26-,27-,28-,30+,32-,33-,34+,36+,37+,38-,39-,40+,41+,42-,43+,44-,45-,46+,47+,48-,49+,51+,52+,53+,54+,55+/m1/s1. The molecule has 1 aromatic rings. The third-order valence-electron chi connectivity index (χ3n) is 19.3. The van der Waals surface area contributed by atoms with Gasteiger partial charge < -0.3 is 97.7 Å². The molecule has 0 amide bonds. The van der Waals surface area contributed by atoms with Gasteiger partial charge in [-0.2, -0.15) is 0 Å². The highest BCUT2D eigenvalue weighted by molar-refractivity contribution is 5.92. The Kier molecular flexibility index (Phi) is 17.7. The van der Waals surface area contributed by atoms with Crippen LogP contribution >= 0.6 is 0 Å². The number of methoxy groups -OCH3 is 3. The minimum absolute atomic E-state index is 0.0185. The number of ether oxygens (including phenoxy) is 12. The maximum absolute atomic E-state index is 13.8. The number of fused-ring (bicyclic) bond motifs is 5. The number of esters is 1. The zero-order valence-corrected chi connectivity index (χ0v) is 45.2. The number of aromatic hydroxyl groups is 1. The van der Waals surface area contributed by atoms with Crippen molar-refractivity contribution < 1.29 is 102 Å². The van der Waals surface area contributed by atoms with Gasteiger partial charge >= 0.3 is 5.97 Å². The lowest BCUT2D eigenvalue weighted by Gasteiger charge is -2.63. The van der Waals surface area contributed by atoms with Crippen LogP contribution in [0.1, 0.15) is 110 Å². The van der Waals surface area contributed by atoms with Crippen molar-refractivity contribution in [3.05, 3.63) is 41.5 Å². The molecule has 4 aliphatic heterocycles. The van der Waals surface area contributed by atoms with Crippen LogP contribution in [0.3, 0.4) is 0 Å². The van der Waals surface area contributed by atoms with Gasteiger partial charge in [-0.15, -0.1) is 0 Å². The summed E-state index contributed by atoms with van der Waals surface area (Å²) in [5.74, 6) is -1.24. The molecule has 9 rings (SSSR count). The molecule has 0 bridgehead atoms. The van der Waals surface area contributed by atoms with E-state index in [1.165, 1.54) is 24.8 Å². The number of carbonyl (C=O) groups excluding carboxylic acids is 1. The molecule has 3 saturated carbocycles. The van der Waals surface area contributed by atoms with E-state index >= 15 is 0 Å². The maximum atomic E-state index is 13.8. The van der Waals surface area contributed by atoms with Gasteiger partial charge in [-0.25, -0.2) is 4.79 Å². The van der Waals surface area contributed by atoms with Gasteiger partial charge in [0.25, 0.3) is 0 Å². The molecule has 4 saturated heterocycles. The predicted octanol–water partition coefficient (Wildman–Crippen LogP) is 2.36. The maximum Gasteiger partial charge on any atom is 0.342 e. The fourth-order valence-corrected chi connectivity index (χ4v) is 15.0. The lowest BCUT2D eigenvalue weighted by atomic mass is 9.44. The molecular formula is C55H84O21. The van der Waals surface area contributed by atoms with E-state index in [-0.39, 0.29) is 47.0 Å². The van der Waals surface area contributed by atoms with Crippen LogP contribution in [0.25, 0.3) is 0 Å². The normalized spacial score (nSPS) is 48.9. The number of hydrogen-bond acceptors (Lipinski definition) is 21. The first-order valence-corrected chi connectivity index (χ1v) is 27.4. The van der Waals surface area contributed by atoms with Crippen molar-refractivity contribution in [3.8, 4) is 5.75 Å². The molecule has 7 fully saturated rings. The second-order valence-electron chi connectivity index (χ2n) is 23.3. The number of benzene rings is 1. The summed E-state index contributed by atoms with van der Waals surface area (Å²) in [6, 6.07) is 6.31. The van der Waals surface area contributed by atoms with Gasteiger partial charge in [-0.3, -0.25) is 0 Å². The van der Waals surface area contributed by atoms with E-state index in [0.29, 0.717) is 38.5 Å². The number of aliphatic hydroxyl groups is 7. The van der Waals surface area contributed by atoms with Gasteiger partial charge in [0.05, 0.1) is 54.9 Å². The lowest BCUT2D eigenvalue weighted by Crippen LogP contribution is -2.67. The van der Waals surface area contributed by atoms with Crippen LogP contribution in [0.5, 0.6) is 5.75 Å². The van der Waals surface area contributed by atoms with Crippen LogP contribution < -0.4 is 0 Å². The summed E-state index contributed by atoms with van der Waals surface area (Å²) in [6.07, 6.45) is -12.1. The highest BCUT2D eigenvalue weighted by Crippen LogP contribution is 2.69. The van der Waals surface area contributed by atoms with E-state index in [1.54, 1.807) is 47.1 Å². The van der Waals surface area contributed by atoms with Crippen molar-refractivity contribution in [1.82, 2.24) is 0 Å². The first-order valence-electron chi connectivity index (χ1n) is 27.4. The number of allylic oxidation sites excluding steroid dienone is 1. The van der Waals surface area contributed by atoms with Crippen LogP contribution in [0.2, 0.25) is 0 Å². The molecule has 8 aliphatic rings. The summed E-state index contributed by atoms with van der Waals surface area (Å²) >= 11 is 0. The van der Waals surface area contributed by atoms with Crippen LogP contribution in [0.4, 0.5) is 0 Å². The predicted molar refractivity (Wildman–Crippen MR) is 265 cm³/mol. The van der Waals surface area contributed by atoms with Gasteiger partial charge in [0.1, 0.15) is 72.4 Å². The Morgan fingerprint density at radius 1 is 0.724 bits per heavy atom. The summed E-state index contributed by atoms with van der Waals surface area (Å²) in [6.45, 7) is 10.7. The second-order valence-corrected chi connectivity index (χ2v) is 23.3. The van der Waals surface area contributed by atoms with Gasteiger partial charge in [0, 0.05) is 39.6 Å². The average molecular weight is 1080 g/mol. The molecule has 8 N–H and O–H groups in total. The Labute approximate surface area is 444 Å². The fourth-order valence-electron chi connectivity index (χ4n) is 15.0. The van der Waals surface area contributed by atoms with E-state index in [0.717, 1.165) is 12.8 Å². The summed E-state index contributed by atoms with van der Waals surface area (Å²) in [7, 11) is 4.55. The Balaban J connectivity index is 0.804. The molecule has 430 valence electrons. The van der Waals surface area contributed by atoms with Crippen molar-refractivity contribution in [3.63, 3.8) is 0 Å². The summed E-state index contributed by atoms with van der Waals surface area (Å²) in [5.41, 5.74) is -1.11. The Morgan fingerprint density at radius 2 is 1.34 bits per heavy atom. The van der Waals surface area contributed by atoms with Gasteiger partial charge in [0.2, 0.25) is 0 Å². The summed E-state index contributed by atoms with van der Waals surface area (Å²) in [5, 5.41) is 87.0. The molecule has 0 aromatic heterocycles. The van der Waals surface area contributed by atoms with Crippen molar-refractivity contribution in [1.29, 1.82) is 0 Å². The number of aliphatic hydroxyl groups excluding tert-OH is 6. The molecule has 0 spiro atoms. The first kappa shape index (κ1) is 58.2. The van der Waals surface area contributed by atoms with E-state index < -0.39 is 146 Å². The zero-order chi connectivity index (χ0) is 54.8. The van der Waals surface area contributed by atoms with E-state index in [9.17, 15) is 45.6 Å². The monoisotopic (exact) mass is 1080 g/mol. The summed E-state index contributed by atoms with van der Waals surface area (Å²) < 4.78 is 74.5. The zero-order valence-electron chi connectivity index (χ0n) is 45.2. The molecule has 1 aromatic carbocycles. The molecule has 0 radical (unpaired) electrons. The smallest absolute Gasteiger partial charge is 0.342 e. The number of para-hydroxylation sites is 1. The second kappa shape index (κ2) is 23.2. The molecule has 21 nitrogen and oxygen atoms in total. The number of phenols is 1. The van der Waals surface area contributed by atoms with E-state index in [2.05, 4.69) is 13.0 Å². The molecule has 76 heavy (non-hydrogen) atoms. The molecule has 0 unspecified atom stereocenters. The molecule has 21 heteroatoms. The van der Waals surface area contributed by atoms with Crippen LogP contribution in [0, 0.1) is 28.6 Å². The van der Waals surface area contributed by atoms with Crippen molar-refractivity contribution in [2.75, 3.05) is 27.9 Å². The number of carbonyl (C=O) groups is 1. The molecule has 4 aliphatic carbocycles. The quantitative estimate of drug-likeness (QED) is 0.0924. The minimum Gasteiger partial charge on any atom is -0.507 e. The Bertz CT molecular complexity index is 2160. The van der Waals surface area contributed by atoms with Gasteiger partial charge in [-0.1, -0.05) is 37.6 Å². The Hall–Kier alpha value is -2.49. The first-order chi connectivity index (χ1) is 36.1. The van der Waals surface area contributed by atoms with Crippen LogP contribution in [-0.4, -0.2) is 209 Å². The Morgan fingerprint density at radius 3 is 1.97 bits per heavy atom. The average Bonchev–Trinajstić information content (AvgIpc) is 3.74. The minimum atomic E-state index is -1.67. The van der Waals surface area contributed by atoms with Crippen molar-refractivity contribution in [2.24, 2.45) is 28.6 Å². The van der Waals surface area contributed by atoms with Crippen LogP contribution in [-0.2, 0) is 56.8 Å². The van der Waals surface area contributed by atoms with Crippen LogP contribution in [0.15, 0.2) is 35.9 Å². The SMILES string of the molecule is CO[C@H]1[C@@H](O)[C@H](O[C@@H]2[C@@H](OC)C[C@H](O[C@@H]3[C@@H](OC)C[C@H](O[C@H]4CC[C@@]5(C)C(=CC[C@@H]6[C@@H]5C[C@@H](OC(=O)c5ccccc5O)[C@]5(C)[C@@H]([C@@H](C)O)CC[C@]65O)C4)O[C@@H]3C)O[C@@H]2C)O[C@H](C)[C@H]1O[C@@H]1O[C@H](CO)[C@@H](O)[C@H](O)[C@H]1O. The largest absolute Gasteiger partial charge is 0.507 e. The number of rotatable bonds is 15. The van der Waals surface area contributed by atoms with E-state index in [1.807, 2.05) is 13.8 Å². The highest BCUT2D eigenvalue weighted by Gasteiger charge is 2.71. The van der Waals surface area contributed by atoms with E-state index in [4.69, 9.17) is 56.8 Å². The molecule has 27 atom stereocenters. The third kappa shape index (κ3) is 10.4. The molecule has 4 heterocycles. The number of hydrogen-bond donors (Lipinski definition) is 8.